The van der Waals surface area contributed by atoms with Gasteiger partial charge in [-0.05, 0) is 36.9 Å². The smallest absolute Gasteiger partial charge is 0.147 e. The molecule has 1 N–H and O–H groups in total. The van der Waals surface area contributed by atoms with Crippen molar-refractivity contribution in [2.75, 3.05) is 25.0 Å². The van der Waals surface area contributed by atoms with Gasteiger partial charge in [0.25, 0.3) is 0 Å². The first-order chi connectivity index (χ1) is 8.70. The van der Waals surface area contributed by atoms with Crippen molar-refractivity contribution in [2.24, 2.45) is 5.92 Å². The zero-order valence-electron chi connectivity index (χ0n) is 11.2. The summed E-state index contributed by atoms with van der Waals surface area (Å²) in [4.78, 5) is 6.68. The Hall–Kier alpha value is -0.800. The second-order valence-corrected chi connectivity index (χ2v) is 5.51. The van der Waals surface area contributed by atoms with Crippen molar-refractivity contribution in [1.29, 1.82) is 0 Å². The molecule has 0 amide bonds. The van der Waals surface area contributed by atoms with Gasteiger partial charge in [0.1, 0.15) is 5.82 Å². The van der Waals surface area contributed by atoms with Crippen molar-refractivity contribution < 1.29 is 0 Å². The van der Waals surface area contributed by atoms with Gasteiger partial charge in [-0.25, -0.2) is 4.98 Å². The van der Waals surface area contributed by atoms with Gasteiger partial charge in [0, 0.05) is 26.3 Å². The summed E-state index contributed by atoms with van der Waals surface area (Å²) in [5, 5.41) is 4.04. The molecule has 0 atom stereocenters. The van der Waals surface area contributed by atoms with Crippen LogP contribution in [0.3, 0.4) is 0 Å². The van der Waals surface area contributed by atoms with Crippen LogP contribution >= 0.6 is 11.6 Å². The van der Waals surface area contributed by atoms with E-state index in [1.807, 2.05) is 12.3 Å². The zero-order chi connectivity index (χ0) is 13.0. The summed E-state index contributed by atoms with van der Waals surface area (Å²) < 4.78 is 0. The van der Waals surface area contributed by atoms with Crippen LogP contribution in [0.15, 0.2) is 12.3 Å². The molecule has 0 bridgehead atoms. The van der Waals surface area contributed by atoms with Crippen LogP contribution in [0.25, 0.3) is 0 Å². The Morgan fingerprint density at radius 2 is 2.28 bits per heavy atom. The van der Waals surface area contributed by atoms with Gasteiger partial charge in [-0.15, -0.1) is 0 Å². The fourth-order valence-corrected chi connectivity index (χ4v) is 2.60. The molecule has 0 aliphatic heterocycles. The van der Waals surface area contributed by atoms with E-state index in [1.165, 1.54) is 19.3 Å². The maximum absolute atomic E-state index is 6.32. The summed E-state index contributed by atoms with van der Waals surface area (Å²) >= 11 is 6.32. The fourth-order valence-electron chi connectivity index (χ4n) is 2.27. The molecule has 4 heteroatoms. The Morgan fingerprint density at radius 1 is 1.50 bits per heavy atom. The Bertz CT molecular complexity index is 391. The minimum atomic E-state index is 0.757. The van der Waals surface area contributed by atoms with Crippen molar-refractivity contribution >= 4 is 17.4 Å². The maximum atomic E-state index is 6.32. The van der Waals surface area contributed by atoms with Gasteiger partial charge >= 0.3 is 0 Å². The lowest BCUT2D eigenvalue weighted by Crippen LogP contribution is -2.30. The Kier molecular flexibility index (Phi) is 4.84. The molecule has 1 aromatic heterocycles. The minimum Gasteiger partial charge on any atom is -0.358 e. The summed E-state index contributed by atoms with van der Waals surface area (Å²) in [6.45, 7) is 4.95. The average Bonchev–Trinajstić information content (AvgIpc) is 2.31. The van der Waals surface area contributed by atoms with Crippen molar-refractivity contribution in [3.63, 3.8) is 0 Å². The SMILES string of the molecule is CCNCc1cnc(N(C)CC2CCC2)c(Cl)c1. The van der Waals surface area contributed by atoms with Gasteiger partial charge in [-0.2, -0.15) is 0 Å². The number of halogens is 1. The number of hydrogen-bond acceptors (Lipinski definition) is 3. The van der Waals surface area contributed by atoms with E-state index in [0.717, 1.165) is 42.0 Å². The van der Waals surface area contributed by atoms with Crippen LogP contribution in [0.1, 0.15) is 31.7 Å². The van der Waals surface area contributed by atoms with Crippen molar-refractivity contribution in [2.45, 2.75) is 32.7 Å². The van der Waals surface area contributed by atoms with Gasteiger partial charge in [0.05, 0.1) is 5.02 Å². The van der Waals surface area contributed by atoms with E-state index >= 15 is 0 Å². The van der Waals surface area contributed by atoms with Crippen molar-refractivity contribution in [3.8, 4) is 0 Å². The Morgan fingerprint density at radius 3 is 2.83 bits per heavy atom. The third kappa shape index (κ3) is 3.36. The molecule has 0 radical (unpaired) electrons. The highest BCUT2D eigenvalue weighted by atomic mass is 35.5. The average molecular weight is 268 g/mol. The first-order valence-electron chi connectivity index (χ1n) is 6.77. The summed E-state index contributed by atoms with van der Waals surface area (Å²) in [7, 11) is 2.08. The molecule has 0 saturated heterocycles. The predicted octanol–water partition coefficient (Wildman–Crippen LogP) is 3.08. The van der Waals surface area contributed by atoms with E-state index in [4.69, 9.17) is 11.6 Å². The van der Waals surface area contributed by atoms with E-state index in [0.29, 0.717) is 0 Å². The molecule has 0 aromatic carbocycles. The highest BCUT2D eigenvalue weighted by Gasteiger charge is 2.20. The molecular formula is C14H22ClN3. The quantitative estimate of drug-likeness (QED) is 0.859. The second kappa shape index (κ2) is 6.39. The van der Waals surface area contributed by atoms with Gasteiger partial charge in [0.2, 0.25) is 0 Å². The fraction of sp³-hybridized carbons (Fsp3) is 0.643. The standard InChI is InChI=1S/C14H22ClN3/c1-3-16-8-12-7-13(15)14(17-9-12)18(2)10-11-5-4-6-11/h7,9,11,16H,3-6,8,10H2,1-2H3. The summed E-state index contributed by atoms with van der Waals surface area (Å²) in [5.41, 5.74) is 1.14. The number of nitrogens with one attached hydrogen (secondary N) is 1. The zero-order valence-corrected chi connectivity index (χ0v) is 12.0. The summed E-state index contributed by atoms with van der Waals surface area (Å²) in [5.74, 6) is 1.73. The molecular weight excluding hydrogens is 246 g/mol. The third-order valence-corrected chi connectivity index (χ3v) is 3.85. The number of anilines is 1. The molecule has 100 valence electrons. The topological polar surface area (TPSA) is 28.2 Å². The third-order valence-electron chi connectivity index (χ3n) is 3.58. The van der Waals surface area contributed by atoms with E-state index < -0.39 is 0 Å². The minimum absolute atomic E-state index is 0.757. The van der Waals surface area contributed by atoms with E-state index in [-0.39, 0.29) is 0 Å². The monoisotopic (exact) mass is 267 g/mol. The first kappa shape index (κ1) is 13.6. The molecule has 1 aliphatic rings. The molecule has 1 saturated carbocycles. The van der Waals surface area contributed by atoms with Crippen LogP contribution in [0, 0.1) is 5.92 Å². The number of hydrogen-bond donors (Lipinski definition) is 1. The number of aromatic nitrogens is 1. The number of nitrogens with zero attached hydrogens (tertiary/aromatic N) is 2. The van der Waals surface area contributed by atoms with Crippen LogP contribution in [0.5, 0.6) is 0 Å². The molecule has 2 rings (SSSR count). The van der Waals surface area contributed by atoms with Gasteiger partial charge in [-0.1, -0.05) is 24.9 Å². The molecule has 0 unspecified atom stereocenters. The van der Waals surface area contributed by atoms with Crippen LogP contribution in [0.2, 0.25) is 5.02 Å². The maximum Gasteiger partial charge on any atom is 0.147 e. The van der Waals surface area contributed by atoms with Crippen LogP contribution < -0.4 is 10.2 Å². The largest absolute Gasteiger partial charge is 0.358 e. The second-order valence-electron chi connectivity index (χ2n) is 5.11. The molecule has 1 aliphatic carbocycles. The number of rotatable bonds is 6. The molecule has 1 aromatic rings. The van der Waals surface area contributed by atoms with Gasteiger partial charge in [0.15, 0.2) is 0 Å². The van der Waals surface area contributed by atoms with Crippen LogP contribution in [0.4, 0.5) is 5.82 Å². The molecule has 3 nitrogen and oxygen atoms in total. The molecule has 1 heterocycles. The highest BCUT2D eigenvalue weighted by molar-refractivity contribution is 6.33. The van der Waals surface area contributed by atoms with E-state index in [2.05, 4.69) is 29.2 Å². The van der Waals surface area contributed by atoms with Gasteiger partial charge in [-0.3, -0.25) is 0 Å². The highest BCUT2D eigenvalue weighted by Crippen LogP contribution is 2.30. The predicted molar refractivity (Wildman–Crippen MR) is 77.2 cm³/mol. The lowest BCUT2D eigenvalue weighted by molar-refractivity contribution is 0.321. The Balaban J connectivity index is 1.98. The van der Waals surface area contributed by atoms with Crippen LogP contribution in [-0.2, 0) is 6.54 Å². The lowest BCUT2D eigenvalue weighted by atomic mass is 9.85. The normalized spacial score (nSPS) is 15.5. The lowest BCUT2D eigenvalue weighted by Gasteiger charge is -2.31. The van der Waals surface area contributed by atoms with E-state index in [9.17, 15) is 0 Å². The number of pyridine rings is 1. The van der Waals surface area contributed by atoms with Crippen molar-refractivity contribution in [3.05, 3.63) is 22.8 Å². The van der Waals surface area contributed by atoms with Crippen molar-refractivity contribution in [1.82, 2.24) is 10.3 Å². The molecule has 18 heavy (non-hydrogen) atoms. The first-order valence-corrected chi connectivity index (χ1v) is 7.14. The summed E-state index contributed by atoms with van der Waals surface area (Å²) in [6.07, 6.45) is 5.99. The molecule has 0 spiro atoms. The van der Waals surface area contributed by atoms with Crippen LogP contribution in [-0.4, -0.2) is 25.1 Å². The summed E-state index contributed by atoms with van der Waals surface area (Å²) in [6, 6.07) is 2.02. The van der Waals surface area contributed by atoms with E-state index in [1.54, 1.807) is 0 Å². The van der Waals surface area contributed by atoms with Gasteiger partial charge < -0.3 is 10.2 Å². The Labute approximate surface area is 115 Å². The molecule has 1 fully saturated rings.